The largest absolute Gasteiger partial charge is 0.261 e. The number of hydrogen-bond donors (Lipinski definition) is 1. The topological polar surface area (TPSA) is 12.9 Å². The van der Waals surface area contributed by atoms with Gasteiger partial charge in [-0.25, -0.2) is 0 Å². The summed E-state index contributed by atoms with van der Waals surface area (Å²) in [5.74, 6) is 0.792. The highest BCUT2D eigenvalue weighted by Crippen LogP contribution is 2.38. The Kier molecular flexibility index (Phi) is 3.60. The van der Waals surface area contributed by atoms with Crippen molar-refractivity contribution in [3.05, 3.63) is 29.6 Å². The molecule has 0 radical (unpaired) electrons. The zero-order valence-corrected chi connectivity index (χ0v) is 8.51. The number of rotatable bonds is 1. The lowest BCUT2D eigenvalue weighted by atomic mass is 10.2. The van der Waals surface area contributed by atoms with Gasteiger partial charge >= 0.3 is 0 Å². The molecular formula is C10H15NS. The summed E-state index contributed by atoms with van der Waals surface area (Å²) in [6.45, 7) is 2.12. The van der Waals surface area contributed by atoms with Gasteiger partial charge in [-0.15, -0.1) is 0 Å². The SMILES string of the molecule is CS.Cc1ccnc(C2CC2)c1. The van der Waals surface area contributed by atoms with Crippen LogP contribution in [0.5, 0.6) is 0 Å². The van der Waals surface area contributed by atoms with Crippen LogP contribution in [0.4, 0.5) is 0 Å². The summed E-state index contributed by atoms with van der Waals surface area (Å²) in [6.07, 6.45) is 6.29. The number of hydrogen-bond acceptors (Lipinski definition) is 2. The normalized spacial score (nSPS) is 14.9. The molecule has 0 N–H and O–H groups in total. The van der Waals surface area contributed by atoms with Crippen molar-refractivity contribution in [2.75, 3.05) is 6.26 Å². The van der Waals surface area contributed by atoms with E-state index in [1.54, 1.807) is 6.26 Å². The van der Waals surface area contributed by atoms with Crippen molar-refractivity contribution in [1.29, 1.82) is 0 Å². The van der Waals surface area contributed by atoms with Crippen molar-refractivity contribution in [2.45, 2.75) is 25.7 Å². The van der Waals surface area contributed by atoms with E-state index in [0.29, 0.717) is 0 Å². The smallest absolute Gasteiger partial charge is 0.0437 e. The summed E-state index contributed by atoms with van der Waals surface area (Å²) in [7, 11) is 0. The summed E-state index contributed by atoms with van der Waals surface area (Å²) in [5, 5.41) is 0. The molecule has 0 spiro atoms. The molecule has 0 aliphatic heterocycles. The van der Waals surface area contributed by atoms with Crippen LogP contribution in [0.15, 0.2) is 18.3 Å². The highest BCUT2D eigenvalue weighted by molar-refractivity contribution is 7.79. The van der Waals surface area contributed by atoms with Gasteiger partial charge in [0.25, 0.3) is 0 Å². The molecule has 0 atom stereocenters. The van der Waals surface area contributed by atoms with Crippen LogP contribution < -0.4 is 0 Å². The molecule has 1 aromatic rings. The molecule has 1 aliphatic rings. The number of aryl methyl sites for hydroxylation is 1. The molecule has 1 aliphatic carbocycles. The molecule has 1 heterocycles. The van der Waals surface area contributed by atoms with Gasteiger partial charge in [-0.1, -0.05) is 0 Å². The quantitative estimate of drug-likeness (QED) is 0.657. The molecule has 2 rings (SSSR count). The van der Waals surface area contributed by atoms with E-state index in [1.807, 2.05) is 12.3 Å². The minimum Gasteiger partial charge on any atom is -0.261 e. The molecule has 1 nitrogen and oxygen atoms in total. The highest BCUT2D eigenvalue weighted by atomic mass is 32.1. The molecule has 0 amide bonds. The second-order valence-electron chi connectivity index (χ2n) is 3.03. The van der Waals surface area contributed by atoms with Gasteiger partial charge in [-0.2, -0.15) is 12.6 Å². The van der Waals surface area contributed by atoms with E-state index in [0.717, 1.165) is 5.92 Å². The maximum Gasteiger partial charge on any atom is 0.0437 e. The molecule has 1 saturated carbocycles. The Balaban J connectivity index is 0.000000336. The first-order valence-electron chi connectivity index (χ1n) is 4.23. The molecule has 12 heavy (non-hydrogen) atoms. The third-order valence-electron chi connectivity index (χ3n) is 1.93. The van der Waals surface area contributed by atoms with E-state index in [1.165, 1.54) is 24.1 Å². The molecule has 0 saturated heterocycles. The summed E-state index contributed by atoms with van der Waals surface area (Å²) in [4.78, 5) is 4.30. The van der Waals surface area contributed by atoms with Gasteiger partial charge in [0, 0.05) is 17.8 Å². The zero-order chi connectivity index (χ0) is 8.97. The monoisotopic (exact) mass is 181 g/mol. The Hall–Kier alpha value is -0.500. The molecular weight excluding hydrogens is 166 g/mol. The highest BCUT2D eigenvalue weighted by Gasteiger charge is 2.24. The molecule has 0 bridgehead atoms. The molecule has 0 unspecified atom stereocenters. The average molecular weight is 181 g/mol. The van der Waals surface area contributed by atoms with Gasteiger partial charge in [-0.3, -0.25) is 4.98 Å². The molecule has 1 fully saturated rings. The maximum absolute atomic E-state index is 4.30. The summed E-state index contributed by atoms with van der Waals surface area (Å²) >= 11 is 3.53. The van der Waals surface area contributed by atoms with Crippen molar-refractivity contribution in [3.8, 4) is 0 Å². The predicted octanol–water partition coefficient (Wildman–Crippen LogP) is 2.81. The van der Waals surface area contributed by atoms with Crippen LogP contribution in [-0.4, -0.2) is 11.2 Å². The fraction of sp³-hybridized carbons (Fsp3) is 0.500. The van der Waals surface area contributed by atoms with Crippen molar-refractivity contribution >= 4 is 12.6 Å². The van der Waals surface area contributed by atoms with Gasteiger partial charge in [0.05, 0.1) is 0 Å². The lowest BCUT2D eigenvalue weighted by Gasteiger charge is -1.96. The second kappa shape index (κ2) is 4.51. The van der Waals surface area contributed by atoms with E-state index in [2.05, 4.69) is 30.6 Å². The maximum atomic E-state index is 4.30. The van der Waals surface area contributed by atoms with E-state index >= 15 is 0 Å². The lowest BCUT2D eigenvalue weighted by Crippen LogP contribution is -1.85. The van der Waals surface area contributed by atoms with Crippen LogP contribution in [0.25, 0.3) is 0 Å². The van der Waals surface area contributed by atoms with Crippen LogP contribution in [0.3, 0.4) is 0 Å². The number of pyridine rings is 1. The molecule has 0 aromatic carbocycles. The fourth-order valence-corrected chi connectivity index (χ4v) is 1.16. The standard InChI is InChI=1S/C9H11N.CH4S/c1-7-4-5-10-9(6-7)8-2-3-8;1-2/h4-6,8H,2-3H2,1H3;2H,1H3. The van der Waals surface area contributed by atoms with Crippen molar-refractivity contribution in [2.24, 2.45) is 0 Å². The predicted molar refractivity (Wildman–Crippen MR) is 55.9 cm³/mol. The summed E-state index contributed by atoms with van der Waals surface area (Å²) in [5.41, 5.74) is 2.62. The Morgan fingerprint density at radius 2 is 2.08 bits per heavy atom. The van der Waals surface area contributed by atoms with Crippen LogP contribution in [0, 0.1) is 6.92 Å². The van der Waals surface area contributed by atoms with Gasteiger partial charge < -0.3 is 0 Å². The van der Waals surface area contributed by atoms with Gasteiger partial charge in [0.15, 0.2) is 0 Å². The van der Waals surface area contributed by atoms with Crippen molar-refractivity contribution in [3.63, 3.8) is 0 Å². The molecule has 1 aromatic heterocycles. The average Bonchev–Trinajstić information content (AvgIpc) is 2.90. The Morgan fingerprint density at radius 3 is 2.58 bits per heavy atom. The first-order chi connectivity index (χ1) is 5.86. The van der Waals surface area contributed by atoms with Crippen LogP contribution in [0.1, 0.15) is 30.0 Å². The lowest BCUT2D eigenvalue weighted by molar-refractivity contribution is 1.01. The first-order valence-corrected chi connectivity index (χ1v) is 5.13. The van der Waals surface area contributed by atoms with E-state index in [4.69, 9.17) is 0 Å². The van der Waals surface area contributed by atoms with Crippen LogP contribution >= 0.6 is 12.6 Å². The number of nitrogens with zero attached hydrogens (tertiary/aromatic N) is 1. The van der Waals surface area contributed by atoms with Gasteiger partial charge in [0.2, 0.25) is 0 Å². The molecule has 66 valence electrons. The van der Waals surface area contributed by atoms with E-state index in [-0.39, 0.29) is 0 Å². The summed E-state index contributed by atoms with van der Waals surface area (Å²) in [6, 6.07) is 4.24. The van der Waals surface area contributed by atoms with E-state index in [9.17, 15) is 0 Å². The Bertz CT molecular complexity index is 243. The minimum atomic E-state index is 0.792. The van der Waals surface area contributed by atoms with Crippen molar-refractivity contribution in [1.82, 2.24) is 4.98 Å². The summed E-state index contributed by atoms with van der Waals surface area (Å²) < 4.78 is 0. The molecule has 2 heteroatoms. The zero-order valence-electron chi connectivity index (χ0n) is 7.62. The van der Waals surface area contributed by atoms with Crippen LogP contribution in [0.2, 0.25) is 0 Å². The second-order valence-corrected chi connectivity index (χ2v) is 3.03. The third kappa shape index (κ3) is 2.52. The number of thiol groups is 1. The minimum absolute atomic E-state index is 0.792. The van der Waals surface area contributed by atoms with Crippen LogP contribution in [-0.2, 0) is 0 Å². The third-order valence-corrected chi connectivity index (χ3v) is 1.93. The van der Waals surface area contributed by atoms with Gasteiger partial charge in [0.1, 0.15) is 0 Å². The Morgan fingerprint density at radius 1 is 1.42 bits per heavy atom. The Labute approximate surface area is 79.6 Å². The van der Waals surface area contributed by atoms with Gasteiger partial charge in [-0.05, 0) is 43.7 Å². The van der Waals surface area contributed by atoms with E-state index < -0.39 is 0 Å². The van der Waals surface area contributed by atoms with Crippen molar-refractivity contribution < 1.29 is 0 Å². The number of aromatic nitrogens is 1. The fourth-order valence-electron chi connectivity index (χ4n) is 1.16. The first kappa shape index (κ1) is 9.59.